The van der Waals surface area contributed by atoms with Crippen LogP contribution in [0.4, 0.5) is 5.69 Å². The third-order valence-corrected chi connectivity index (χ3v) is 2.08. The van der Waals surface area contributed by atoms with Crippen molar-refractivity contribution in [1.82, 2.24) is 9.55 Å². The highest BCUT2D eigenvalue weighted by Crippen LogP contribution is 2.23. The monoisotopic (exact) mass is 214 g/mol. The van der Waals surface area contributed by atoms with Crippen molar-refractivity contribution in [3.05, 3.63) is 52.6 Å². The molecule has 0 fully saturated rings. The number of nitro benzene ring substituents is 1. The molecule has 1 aromatic carbocycles. The molecule has 0 unspecified atom stereocenters. The fourth-order valence-electron chi connectivity index (χ4n) is 1.36. The van der Waals surface area contributed by atoms with Crippen LogP contribution < -0.4 is 0 Å². The number of nitro groups is 1. The summed E-state index contributed by atoms with van der Waals surface area (Å²) in [6.07, 6.45) is 4.60. The van der Waals surface area contributed by atoms with Crippen molar-refractivity contribution < 1.29 is 4.92 Å². The van der Waals surface area contributed by atoms with Crippen molar-refractivity contribution in [1.29, 1.82) is 5.26 Å². The Morgan fingerprint density at radius 3 is 2.88 bits per heavy atom. The zero-order chi connectivity index (χ0) is 11.5. The van der Waals surface area contributed by atoms with Gasteiger partial charge in [0.05, 0.1) is 22.9 Å². The molecule has 2 aromatic rings. The predicted octanol–water partition coefficient (Wildman–Crippen LogP) is 1.65. The Morgan fingerprint density at radius 1 is 1.50 bits per heavy atom. The van der Waals surface area contributed by atoms with Gasteiger partial charge in [-0.25, -0.2) is 4.98 Å². The molecule has 16 heavy (non-hydrogen) atoms. The molecule has 6 heteroatoms. The van der Waals surface area contributed by atoms with Gasteiger partial charge >= 0.3 is 0 Å². The van der Waals surface area contributed by atoms with Crippen LogP contribution in [0, 0.1) is 21.4 Å². The van der Waals surface area contributed by atoms with E-state index in [2.05, 4.69) is 4.98 Å². The van der Waals surface area contributed by atoms with E-state index in [4.69, 9.17) is 5.26 Å². The third-order valence-electron chi connectivity index (χ3n) is 2.08. The number of nitrogens with zero attached hydrogens (tertiary/aromatic N) is 4. The first-order valence-corrected chi connectivity index (χ1v) is 4.39. The zero-order valence-electron chi connectivity index (χ0n) is 8.07. The molecule has 0 saturated heterocycles. The first-order valence-electron chi connectivity index (χ1n) is 4.39. The SMILES string of the molecule is N#Cc1ccc(-n2ccnc2)c([N+](=O)[O-])c1. The lowest BCUT2D eigenvalue weighted by atomic mass is 10.2. The molecule has 0 radical (unpaired) electrons. The third kappa shape index (κ3) is 1.62. The predicted molar refractivity (Wildman–Crippen MR) is 54.9 cm³/mol. The molecule has 1 heterocycles. The van der Waals surface area contributed by atoms with Crippen LogP contribution in [-0.4, -0.2) is 14.5 Å². The van der Waals surface area contributed by atoms with Gasteiger partial charge in [-0.3, -0.25) is 10.1 Å². The first-order chi connectivity index (χ1) is 7.72. The van der Waals surface area contributed by atoms with E-state index in [0.717, 1.165) is 0 Å². The van der Waals surface area contributed by atoms with Crippen LogP contribution in [0.5, 0.6) is 0 Å². The van der Waals surface area contributed by atoms with Crippen LogP contribution in [0.1, 0.15) is 5.56 Å². The molecular formula is C10H6N4O2. The van der Waals surface area contributed by atoms with Gasteiger partial charge in [0.2, 0.25) is 0 Å². The van der Waals surface area contributed by atoms with E-state index in [1.807, 2.05) is 6.07 Å². The van der Waals surface area contributed by atoms with Gasteiger partial charge in [-0.05, 0) is 12.1 Å². The summed E-state index contributed by atoms with van der Waals surface area (Å²) in [5.74, 6) is 0. The molecule has 0 saturated carbocycles. The molecule has 0 bridgehead atoms. The fraction of sp³-hybridized carbons (Fsp3) is 0. The van der Waals surface area contributed by atoms with Crippen LogP contribution in [0.25, 0.3) is 5.69 Å². The maximum absolute atomic E-state index is 10.8. The minimum Gasteiger partial charge on any atom is -0.300 e. The van der Waals surface area contributed by atoms with Gasteiger partial charge in [0.1, 0.15) is 5.69 Å². The van der Waals surface area contributed by atoms with Crippen LogP contribution in [0.15, 0.2) is 36.9 Å². The normalized spacial score (nSPS) is 9.69. The van der Waals surface area contributed by atoms with Crippen molar-refractivity contribution in [3.8, 4) is 11.8 Å². The summed E-state index contributed by atoms with van der Waals surface area (Å²) in [7, 11) is 0. The molecule has 0 spiro atoms. The van der Waals surface area contributed by atoms with Crippen LogP contribution in [0.2, 0.25) is 0 Å². The minimum absolute atomic E-state index is 0.114. The van der Waals surface area contributed by atoms with Crippen molar-refractivity contribution in [2.45, 2.75) is 0 Å². The van der Waals surface area contributed by atoms with E-state index in [1.165, 1.54) is 35.3 Å². The van der Waals surface area contributed by atoms with Gasteiger partial charge in [-0.15, -0.1) is 0 Å². The molecule has 0 aliphatic carbocycles. The summed E-state index contributed by atoms with van der Waals surface area (Å²) in [5, 5.41) is 19.5. The summed E-state index contributed by atoms with van der Waals surface area (Å²) in [5.41, 5.74) is 0.536. The van der Waals surface area contributed by atoms with Crippen molar-refractivity contribution in [2.75, 3.05) is 0 Å². The summed E-state index contributed by atoms with van der Waals surface area (Å²) >= 11 is 0. The van der Waals surface area contributed by atoms with E-state index in [1.54, 1.807) is 6.20 Å². The number of imidazole rings is 1. The Hall–Kier alpha value is -2.68. The highest BCUT2D eigenvalue weighted by Gasteiger charge is 2.15. The van der Waals surface area contributed by atoms with Gasteiger partial charge in [-0.2, -0.15) is 5.26 Å². The van der Waals surface area contributed by atoms with Gasteiger partial charge in [0, 0.05) is 18.5 Å². The standard InChI is InChI=1S/C10H6N4O2/c11-6-8-1-2-9(10(5-8)14(15)16)13-4-3-12-7-13/h1-5,7H. The van der Waals surface area contributed by atoms with Gasteiger partial charge in [-0.1, -0.05) is 0 Å². The average Bonchev–Trinajstić information content (AvgIpc) is 2.81. The second kappa shape index (κ2) is 3.82. The van der Waals surface area contributed by atoms with Crippen molar-refractivity contribution in [3.63, 3.8) is 0 Å². The van der Waals surface area contributed by atoms with Crippen molar-refractivity contribution >= 4 is 5.69 Å². The Bertz CT molecular complexity index is 569. The molecule has 0 aliphatic rings. The quantitative estimate of drug-likeness (QED) is 0.562. The maximum Gasteiger partial charge on any atom is 0.294 e. The number of nitriles is 1. The second-order valence-corrected chi connectivity index (χ2v) is 3.04. The van der Waals surface area contributed by atoms with Crippen LogP contribution in [-0.2, 0) is 0 Å². The average molecular weight is 214 g/mol. The molecule has 0 N–H and O–H groups in total. The van der Waals surface area contributed by atoms with E-state index < -0.39 is 4.92 Å². The number of rotatable bonds is 2. The highest BCUT2D eigenvalue weighted by atomic mass is 16.6. The molecule has 0 atom stereocenters. The first kappa shape index (κ1) is 9.86. The van der Waals surface area contributed by atoms with E-state index in [-0.39, 0.29) is 11.3 Å². The molecule has 78 valence electrons. The molecule has 6 nitrogen and oxygen atoms in total. The lowest BCUT2D eigenvalue weighted by Crippen LogP contribution is -1.98. The van der Waals surface area contributed by atoms with E-state index in [0.29, 0.717) is 5.69 Å². The minimum atomic E-state index is -0.518. The lowest BCUT2D eigenvalue weighted by molar-refractivity contribution is -0.384. The van der Waals surface area contributed by atoms with Gasteiger partial charge in [0.25, 0.3) is 5.69 Å². The Kier molecular flexibility index (Phi) is 2.36. The number of benzene rings is 1. The van der Waals surface area contributed by atoms with Gasteiger partial charge in [0.15, 0.2) is 0 Å². The Balaban J connectivity index is 2.63. The van der Waals surface area contributed by atoms with Gasteiger partial charge < -0.3 is 4.57 Å². The summed E-state index contributed by atoms with van der Waals surface area (Å²) in [6.45, 7) is 0. The molecule has 2 rings (SSSR count). The zero-order valence-corrected chi connectivity index (χ0v) is 8.07. The van der Waals surface area contributed by atoms with Crippen molar-refractivity contribution in [2.24, 2.45) is 0 Å². The maximum atomic E-state index is 10.8. The van der Waals surface area contributed by atoms with Crippen LogP contribution >= 0.6 is 0 Å². The number of hydrogen-bond acceptors (Lipinski definition) is 4. The summed E-state index contributed by atoms with van der Waals surface area (Å²) in [4.78, 5) is 14.1. The second-order valence-electron chi connectivity index (χ2n) is 3.04. The topological polar surface area (TPSA) is 84.8 Å². The number of aromatic nitrogens is 2. The Morgan fingerprint density at radius 2 is 2.31 bits per heavy atom. The molecular weight excluding hydrogens is 208 g/mol. The van der Waals surface area contributed by atoms with E-state index >= 15 is 0 Å². The fourth-order valence-corrected chi connectivity index (χ4v) is 1.36. The summed E-state index contributed by atoms with van der Waals surface area (Å²) < 4.78 is 1.53. The lowest BCUT2D eigenvalue weighted by Gasteiger charge is -2.03. The molecule has 0 aliphatic heterocycles. The van der Waals surface area contributed by atoms with E-state index in [9.17, 15) is 10.1 Å². The molecule has 0 amide bonds. The highest BCUT2D eigenvalue weighted by molar-refractivity contribution is 5.56. The largest absolute Gasteiger partial charge is 0.300 e. The molecule has 1 aromatic heterocycles. The smallest absolute Gasteiger partial charge is 0.294 e. The van der Waals surface area contributed by atoms with Crippen LogP contribution in [0.3, 0.4) is 0 Å². The number of hydrogen-bond donors (Lipinski definition) is 0. The Labute approximate surface area is 90.5 Å². The summed E-state index contributed by atoms with van der Waals surface area (Å²) in [6, 6.07) is 6.17.